The topological polar surface area (TPSA) is 77.6 Å². The Hall–Kier alpha value is -2.32. The smallest absolute Gasteiger partial charge is 0.283 e. The molecule has 23 heavy (non-hydrogen) atoms. The molecule has 4 heterocycles. The molecule has 0 atom stereocenters. The van der Waals surface area contributed by atoms with Gasteiger partial charge in [-0.05, 0) is 43.3 Å². The highest BCUT2D eigenvalue weighted by molar-refractivity contribution is 7.99. The van der Waals surface area contributed by atoms with Gasteiger partial charge in [0.25, 0.3) is 5.22 Å². The Morgan fingerprint density at radius 2 is 1.91 bits per heavy atom. The maximum Gasteiger partial charge on any atom is 0.283 e. The predicted molar refractivity (Wildman–Crippen MR) is 88.5 cm³/mol. The summed E-state index contributed by atoms with van der Waals surface area (Å²) in [6, 6.07) is 3.66. The fourth-order valence-corrected chi connectivity index (χ4v) is 4.05. The Balaban J connectivity index is 1.71. The van der Waals surface area contributed by atoms with E-state index >= 15 is 0 Å². The molecule has 0 spiro atoms. The van der Waals surface area contributed by atoms with E-state index in [1.807, 2.05) is 12.1 Å². The zero-order chi connectivity index (χ0) is 15.8. The van der Waals surface area contributed by atoms with Gasteiger partial charge in [0.1, 0.15) is 16.2 Å². The molecule has 0 aliphatic carbocycles. The highest BCUT2D eigenvalue weighted by Gasteiger charge is 2.16. The summed E-state index contributed by atoms with van der Waals surface area (Å²) in [7, 11) is 0. The first-order valence-electron chi connectivity index (χ1n) is 6.85. The van der Waals surface area contributed by atoms with Gasteiger partial charge < -0.3 is 4.42 Å². The van der Waals surface area contributed by atoms with Crippen LogP contribution in [0.2, 0.25) is 0 Å². The summed E-state index contributed by atoms with van der Waals surface area (Å²) >= 11 is 3.03. The van der Waals surface area contributed by atoms with Crippen molar-refractivity contribution in [3.8, 4) is 11.5 Å². The van der Waals surface area contributed by atoms with Crippen LogP contribution in [0.1, 0.15) is 10.4 Å². The molecule has 0 amide bonds. The average molecular weight is 341 g/mol. The summed E-state index contributed by atoms with van der Waals surface area (Å²) in [5.41, 5.74) is 2.04. The van der Waals surface area contributed by atoms with Crippen molar-refractivity contribution >= 4 is 33.3 Å². The lowest BCUT2D eigenvalue weighted by atomic mass is 10.2. The molecule has 0 aromatic carbocycles. The molecule has 4 aromatic heterocycles. The van der Waals surface area contributed by atoms with E-state index in [0.717, 1.165) is 20.8 Å². The first-order valence-corrected chi connectivity index (χ1v) is 8.48. The molecule has 0 N–H and O–H groups in total. The SMILES string of the molecule is Cc1sc2ncnc(Sc3nnc(-c4ccncc4)o3)c2c1C. The third-order valence-corrected chi connectivity index (χ3v) is 5.41. The third kappa shape index (κ3) is 2.60. The molecule has 0 aliphatic heterocycles. The Morgan fingerprint density at radius 3 is 2.74 bits per heavy atom. The monoisotopic (exact) mass is 341 g/mol. The van der Waals surface area contributed by atoms with E-state index in [0.29, 0.717) is 11.1 Å². The number of hydrogen-bond donors (Lipinski definition) is 0. The Bertz CT molecular complexity index is 980. The molecule has 0 radical (unpaired) electrons. The minimum Gasteiger partial charge on any atom is -0.411 e. The molecule has 0 unspecified atom stereocenters. The number of thiophene rings is 1. The van der Waals surface area contributed by atoms with Crippen molar-refractivity contribution in [2.75, 3.05) is 0 Å². The van der Waals surface area contributed by atoms with Gasteiger partial charge in [-0.25, -0.2) is 9.97 Å². The minimum absolute atomic E-state index is 0.458. The molecule has 0 fully saturated rings. The number of rotatable bonds is 3. The van der Waals surface area contributed by atoms with Gasteiger partial charge in [0.2, 0.25) is 5.89 Å². The zero-order valence-corrected chi connectivity index (χ0v) is 14.0. The van der Waals surface area contributed by atoms with Crippen LogP contribution in [0.25, 0.3) is 21.7 Å². The summed E-state index contributed by atoms with van der Waals surface area (Å²) in [5.74, 6) is 0.471. The van der Waals surface area contributed by atoms with Gasteiger partial charge in [0.05, 0.1) is 0 Å². The van der Waals surface area contributed by atoms with Crippen molar-refractivity contribution in [1.29, 1.82) is 0 Å². The van der Waals surface area contributed by atoms with E-state index in [1.165, 1.54) is 22.2 Å². The number of nitrogens with zero attached hydrogens (tertiary/aromatic N) is 5. The van der Waals surface area contributed by atoms with E-state index in [2.05, 4.69) is 39.0 Å². The van der Waals surface area contributed by atoms with Gasteiger partial charge in [-0.3, -0.25) is 4.98 Å². The molecule has 0 saturated carbocycles. The van der Waals surface area contributed by atoms with Crippen LogP contribution in [0.15, 0.2) is 45.5 Å². The second-order valence-corrected chi connectivity index (χ2v) is 7.00. The summed E-state index contributed by atoms with van der Waals surface area (Å²) in [6.45, 7) is 4.17. The van der Waals surface area contributed by atoms with E-state index < -0.39 is 0 Å². The van der Waals surface area contributed by atoms with E-state index in [4.69, 9.17) is 4.42 Å². The fourth-order valence-electron chi connectivity index (χ4n) is 2.17. The number of hydrogen-bond acceptors (Lipinski definition) is 8. The second-order valence-electron chi connectivity index (χ2n) is 4.85. The van der Waals surface area contributed by atoms with Gasteiger partial charge in [-0.15, -0.1) is 21.5 Å². The highest BCUT2D eigenvalue weighted by Crippen LogP contribution is 2.37. The van der Waals surface area contributed by atoms with Crippen LogP contribution >= 0.6 is 23.1 Å². The molecule has 6 nitrogen and oxygen atoms in total. The zero-order valence-electron chi connectivity index (χ0n) is 12.3. The van der Waals surface area contributed by atoms with Crippen LogP contribution in [0.4, 0.5) is 0 Å². The maximum atomic E-state index is 5.73. The van der Waals surface area contributed by atoms with E-state index in [-0.39, 0.29) is 0 Å². The van der Waals surface area contributed by atoms with Crippen molar-refractivity contribution in [1.82, 2.24) is 25.1 Å². The van der Waals surface area contributed by atoms with E-state index in [9.17, 15) is 0 Å². The Labute approximate surface area is 140 Å². The van der Waals surface area contributed by atoms with Crippen molar-refractivity contribution in [3.63, 3.8) is 0 Å². The van der Waals surface area contributed by atoms with Crippen LogP contribution in [-0.4, -0.2) is 25.1 Å². The summed E-state index contributed by atoms with van der Waals surface area (Å²) in [6.07, 6.45) is 4.95. The predicted octanol–water partition coefficient (Wildman–Crippen LogP) is 3.90. The summed E-state index contributed by atoms with van der Waals surface area (Å²) in [4.78, 5) is 14.9. The average Bonchev–Trinajstić information content (AvgIpc) is 3.14. The number of pyridine rings is 1. The molecular formula is C15H11N5OS2. The first-order chi connectivity index (χ1) is 11.2. The maximum absolute atomic E-state index is 5.73. The molecule has 4 aromatic rings. The fraction of sp³-hybridized carbons (Fsp3) is 0.133. The van der Waals surface area contributed by atoms with E-state index in [1.54, 1.807) is 30.1 Å². The second kappa shape index (κ2) is 5.71. The number of aromatic nitrogens is 5. The minimum atomic E-state index is 0.458. The largest absolute Gasteiger partial charge is 0.411 e. The van der Waals surface area contributed by atoms with Crippen molar-refractivity contribution in [2.45, 2.75) is 24.1 Å². The van der Waals surface area contributed by atoms with Crippen LogP contribution in [-0.2, 0) is 0 Å². The first kappa shape index (κ1) is 14.3. The van der Waals surface area contributed by atoms with Gasteiger partial charge in [0, 0.05) is 28.2 Å². The molecular weight excluding hydrogens is 330 g/mol. The molecule has 4 rings (SSSR count). The van der Waals surface area contributed by atoms with Crippen molar-refractivity contribution in [3.05, 3.63) is 41.3 Å². The van der Waals surface area contributed by atoms with Gasteiger partial charge >= 0.3 is 0 Å². The normalized spacial score (nSPS) is 11.2. The molecule has 114 valence electrons. The number of fused-ring (bicyclic) bond motifs is 1. The lowest BCUT2D eigenvalue weighted by molar-refractivity contribution is 0.465. The molecule has 0 aliphatic rings. The lowest BCUT2D eigenvalue weighted by Gasteiger charge is -1.99. The molecule has 0 saturated heterocycles. The van der Waals surface area contributed by atoms with Gasteiger partial charge in [-0.2, -0.15) is 0 Å². The number of aryl methyl sites for hydroxylation is 2. The Kier molecular flexibility index (Phi) is 3.55. The van der Waals surface area contributed by atoms with Gasteiger partial charge in [0.15, 0.2) is 0 Å². The summed E-state index contributed by atoms with van der Waals surface area (Å²) in [5, 5.41) is 10.5. The van der Waals surface area contributed by atoms with Crippen molar-refractivity contribution in [2.24, 2.45) is 0 Å². The van der Waals surface area contributed by atoms with Gasteiger partial charge in [-0.1, -0.05) is 0 Å². The third-order valence-electron chi connectivity index (χ3n) is 3.45. The molecule has 8 heteroatoms. The Morgan fingerprint density at radius 1 is 1.09 bits per heavy atom. The summed E-state index contributed by atoms with van der Waals surface area (Å²) < 4.78 is 5.73. The van der Waals surface area contributed by atoms with Crippen LogP contribution in [0.5, 0.6) is 0 Å². The quantitative estimate of drug-likeness (QED) is 0.523. The van der Waals surface area contributed by atoms with Crippen LogP contribution in [0.3, 0.4) is 0 Å². The lowest BCUT2D eigenvalue weighted by Crippen LogP contribution is -1.85. The van der Waals surface area contributed by atoms with Crippen LogP contribution < -0.4 is 0 Å². The van der Waals surface area contributed by atoms with Crippen molar-refractivity contribution < 1.29 is 4.42 Å². The van der Waals surface area contributed by atoms with Crippen LogP contribution in [0, 0.1) is 13.8 Å². The highest BCUT2D eigenvalue weighted by atomic mass is 32.2. The molecule has 0 bridgehead atoms. The standard InChI is InChI=1S/C15H11N5OS2/c1-8-9(2)22-13-11(8)14(18-7-17-13)23-15-20-19-12(21-15)10-3-5-16-6-4-10/h3-7H,1-2H3.